The van der Waals surface area contributed by atoms with Crippen LogP contribution in [0.5, 0.6) is 5.88 Å². The highest BCUT2D eigenvalue weighted by atomic mass is 35.5. The van der Waals surface area contributed by atoms with Crippen molar-refractivity contribution in [1.29, 1.82) is 0 Å². The molecule has 2 nitrogen and oxygen atoms in total. The van der Waals surface area contributed by atoms with E-state index in [4.69, 9.17) is 28.3 Å². The zero-order valence-electron chi connectivity index (χ0n) is 4.23. The van der Waals surface area contributed by atoms with E-state index in [1.807, 2.05) is 0 Å². The Morgan fingerprint density at radius 2 is 2.22 bits per heavy atom. The smallest absolute Gasteiger partial charge is 0.230 e. The summed E-state index contributed by atoms with van der Waals surface area (Å²) in [4.78, 5) is 3.34. The number of halogens is 2. The van der Waals surface area contributed by atoms with E-state index in [2.05, 4.69) is 11.2 Å². The molecule has 0 unspecified atom stereocenters. The van der Waals surface area contributed by atoms with Crippen molar-refractivity contribution in [1.82, 2.24) is 4.98 Å². The third-order valence-corrected chi connectivity index (χ3v) is 1.21. The van der Waals surface area contributed by atoms with Crippen LogP contribution in [-0.4, -0.2) is 10.1 Å². The fourth-order valence-electron chi connectivity index (χ4n) is 0.368. The molecule has 0 spiro atoms. The molecule has 0 aromatic carbocycles. The van der Waals surface area contributed by atoms with Gasteiger partial charge in [0.25, 0.3) is 0 Å². The van der Waals surface area contributed by atoms with Gasteiger partial charge in [0.15, 0.2) is 0 Å². The second-order valence-corrected chi connectivity index (χ2v) is 2.20. The Kier molecular flexibility index (Phi) is 1.78. The summed E-state index contributed by atoms with van der Waals surface area (Å²) in [5, 5.41) is 9.14. The number of rotatable bonds is 0. The lowest BCUT2D eigenvalue weighted by atomic mass is 10.5. The minimum Gasteiger partial charge on any atom is -0.492 e. The standard InChI is InChI=1S/C5H2Cl2NO/c6-3-1-4(7)5(9)8-2-3/h1H,(H,8,9). The molecule has 0 amide bonds. The van der Waals surface area contributed by atoms with Crippen LogP contribution < -0.4 is 0 Å². The van der Waals surface area contributed by atoms with E-state index >= 15 is 0 Å². The molecule has 0 fully saturated rings. The lowest BCUT2D eigenvalue weighted by Crippen LogP contribution is -1.74. The van der Waals surface area contributed by atoms with Gasteiger partial charge >= 0.3 is 0 Å². The summed E-state index contributed by atoms with van der Waals surface area (Å²) in [5.74, 6) is -0.249. The molecule has 1 N–H and O–H groups in total. The van der Waals surface area contributed by atoms with Gasteiger partial charge in [0.05, 0.1) is 5.02 Å². The van der Waals surface area contributed by atoms with E-state index in [1.54, 1.807) is 0 Å². The molecule has 0 aliphatic rings. The summed E-state index contributed by atoms with van der Waals surface area (Å²) < 4.78 is 0. The van der Waals surface area contributed by atoms with E-state index < -0.39 is 0 Å². The second kappa shape index (κ2) is 2.42. The quantitative estimate of drug-likeness (QED) is 0.633. The molecule has 9 heavy (non-hydrogen) atoms. The highest BCUT2D eigenvalue weighted by Gasteiger charge is 1.98. The van der Waals surface area contributed by atoms with Crippen molar-refractivity contribution < 1.29 is 5.11 Å². The zero-order valence-corrected chi connectivity index (χ0v) is 5.74. The average Bonchev–Trinajstić information content (AvgIpc) is 1.80. The first-order valence-electron chi connectivity index (χ1n) is 2.13. The predicted molar refractivity (Wildman–Crippen MR) is 34.8 cm³/mol. The number of nitrogens with zero attached hydrogens (tertiary/aromatic N) is 1. The minimum atomic E-state index is -0.249. The molecular weight excluding hydrogens is 161 g/mol. The van der Waals surface area contributed by atoms with Gasteiger partial charge in [0.2, 0.25) is 5.88 Å². The zero-order chi connectivity index (χ0) is 6.85. The molecular formula is C5H2Cl2NO. The molecule has 47 valence electrons. The number of hydrogen-bond acceptors (Lipinski definition) is 2. The van der Waals surface area contributed by atoms with E-state index in [0.29, 0.717) is 0 Å². The van der Waals surface area contributed by atoms with E-state index in [9.17, 15) is 0 Å². The molecule has 1 radical (unpaired) electrons. The van der Waals surface area contributed by atoms with Gasteiger partial charge in [-0.3, -0.25) is 0 Å². The predicted octanol–water partition coefficient (Wildman–Crippen LogP) is 1.89. The van der Waals surface area contributed by atoms with Crippen LogP contribution in [0.1, 0.15) is 0 Å². The monoisotopic (exact) mass is 162 g/mol. The highest BCUT2D eigenvalue weighted by Crippen LogP contribution is 2.21. The molecule has 1 aromatic heterocycles. The largest absolute Gasteiger partial charge is 0.492 e. The van der Waals surface area contributed by atoms with Crippen LogP contribution in [0.15, 0.2) is 6.07 Å². The first kappa shape index (κ1) is 6.65. The van der Waals surface area contributed by atoms with Gasteiger partial charge in [-0.2, -0.15) is 0 Å². The normalized spacial score (nSPS) is 9.56. The van der Waals surface area contributed by atoms with Crippen LogP contribution >= 0.6 is 23.2 Å². The highest BCUT2D eigenvalue weighted by molar-refractivity contribution is 6.35. The lowest BCUT2D eigenvalue weighted by Gasteiger charge is -1.91. The molecule has 0 aliphatic carbocycles. The van der Waals surface area contributed by atoms with E-state index in [0.717, 1.165) is 0 Å². The van der Waals surface area contributed by atoms with Crippen LogP contribution in [0.3, 0.4) is 0 Å². The van der Waals surface area contributed by atoms with Crippen LogP contribution in [0.4, 0.5) is 0 Å². The van der Waals surface area contributed by atoms with Crippen molar-refractivity contribution in [2.45, 2.75) is 0 Å². The Balaban J connectivity index is 3.17. The second-order valence-electron chi connectivity index (χ2n) is 1.39. The van der Waals surface area contributed by atoms with Crippen LogP contribution in [0, 0.1) is 6.20 Å². The van der Waals surface area contributed by atoms with Gasteiger partial charge in [0, 0.05) is 0 Å². The Bertz CT molecular complexity index is 226. The third-order valence-electron chi connectivity index (χ3n) is 0.736. The number of aromatic hydroxyl groups is 1. The van der Waals surface area contributed by atoms with Gasteiger partial charge in [-0.05, 0) is 6.07 Å². The summed E-state index contributed by atoms with van der Waals surface area (Å²) in [6, 6.07) is 1.37. The van der Waals surface area contributed by atoms with E-state index in [-0.39, 0.29) is 15.9 Å². The SMILES string of the molecule is Oc1n[c]c(Cl)cc1Cl. The topological polar surface area (TPSA) is 33.1 Å². The third kappa shape index (κ3) is 1.47. The molecule has 1 rings (SSSR count). The van der Waals surface area contributed by atoms with Crippen molar-refractivity contribution in [3.05, 3.63) is 22.3 Å². The Hall–Kier alpha value is -0.470. The first-order chi connectivity index (χ1) is 4.20. The van der Waals surface area contributed by atoms with Crippen molar-refractivity contribution in [3.63, 3.8) is 0 Å². The molecule has 1 aromatic rings. The van der Waals surface area contributed by atoms with Crippen molar-refractivity contribution in [2.24, 2.45) is 0 Å². The van der Waals surface area contributed by atoms with Crippen LogP contribution in [-0.2, 0) is 0 Å². The van der Waals surface area contributed by atoms with Crippen molar-refractivity contribution in [2.75, 3.05) is 0 Å². The van der Waals surface area contributed by atoms with Gasteiger partial charge < -0.3 is 5.11 Å². The van der Waals surface area contributed by atoms with Gasteiger partial charge in [-0.15, -0.1) is 0 Å². The van der Waals surface area contributed by atoms with E-state index in [1.165, 1.54) is 6.07 Å². The number of pyridine rings is 1. The van der Waals surface area contributed by atoms with Crippen LogP contribution in [0.2, 0.25) is 10.0 Å². The van der Waals surface area contributed by atoms with Crippen molar-refractivity contribution >= 4 is 23.2 Å². The van der Waals surface area contributed by atoms with Crippen molar-refractivity contribution in [3.8, 4) is 5.88 Å². The Labute approximate surface area is 62.1 Å². The molecule has 4 heteroatoms. The molecule has 0 saturated heterocycles. The lowest BCUT2D eigenvalue weighted by molar-refractivity contribution is 0.453. The van der Waals surface area contributed by atoms with Crippen LogP contribution in [0.25, 0.3) is 0 Å². The van der Waals surface area contributed by atoms with Gasteiger partial charge in [-0.1, -0.05) is 23.2 Å². The fourth-order valence-corrected chi connectivity index (χ4v) is 0.726. The van der Waals surface area contributed by atoms with Gasteiger partial charge in [-0.25, -0.2) is 4.98 Å². The number of aromatic nitrogens is 1. The maximum absolute atomic E-state index is 8.71. The Morgan fingerprint density at radius 1 is 1.56 bits per heavy atom. The minimum absolute atomic E-state index is 0.138. The average molecular weight is 163 g/mol. The fraction of sp³-hybridized carbons (Fsp3) is 0. The maximum atomic E-state index is 8.71. The summed E-state index contributed by atoms with van der Waals surface area (Å²) in [5.41, 5.74) is 0. The summed E-state index contributed by atoms with van der Waals surface area (Å²) in [6.45, 7) is 0. The molecule has 1 heterocycles. The Morgan fingerprint density at radius 3 is 2.67 bits per heavy atom. The summed E-state index contributed by atoms with van der Waals surface area (Å²) in [7, 11) is 0. The number of hydrogen-bond donors (Lipinski definition) is 1. The first-order valence-corrected chi connectivity index (χ1v) is 2.88. The maximum Gasteiger partial charge on any atom is 0.230 e. The molecule has 0 aliphatic heterocycles. The molecule has 0 saturated carbocycles. The summed E-state index contributed by atoms with van der Waals surface area (Å²) in [6.07, 6.45) is 2.32. The molecule has 0 bridgehead atoms. The molecule has 0 atom stereocenters. The van der Waals surface area contributed by atoms with Gasteiger partial charge in [0.1, 0.15) is 11.2 Å². The summed E-state index contributed by atoms with van der Waals surface area (Å²) >= 11 is 10.8.